The summed E-state index contributed by atoms with van der Waals surface area (Å²) < 4.78 is 6.79. The zero-order chi connectivity index (χ0) is 62.3. The van der Waals surface area contributed by atoms with Crippen LogP contribution in [0.4, 0.5) is 0 Å². The van der Waals surface area contributed by atoms with E-state index in [1.807, 2.05) is 21.0 Å². The number of carbonyl (C=O) groups is 7. The Morgan fingerprint density at radius 1 is 0.643 bits per heavy atom. The first-order valence-corrected chi connectivity index (χ1v) is 30.9. The van der Waals surface area contributed by atoms with E-state index in [1.54, 1.807) is 6.92 Å². The number of aliphatic hydroxyl groups excluding tert-OH is 7. The zero-order valence-corrected chi connectivity index (χ0v) is 50.8. The fourth-order valence-electron chi connectivity index (χ4n) is 11.5. The summed E-state index contributed by atoms with van der Waals surface area (Å²) in [5.41, 5.74) is -0.0446. The molecule has 3 aliphatic rings. The molecule has 24 heteroatoms. The maximum Gasteiger partial charge on any atom is 0.248 e. The lowest BCUT2D eigenvalue weighted by Gasteiger charge is -2.34. The SMILES string of the molecule is CCCCCCCCCCCCCCCCCC(=O)NC1CC(O)C(OCCC[N+](C)(C)CCC)NC(=O)C2C(O)C(C)CN2C(=O)C(C(C)O)NC(=O)C(C(O)C(O)c2ccc(O)cc2)NC(=O)C2CC(O)CN2C(=O)C(C(C)O)NC1=O. The van der Waals surface area contributed by atoms with E-state index in [4.69, 9.17) is 4.74 Å². The smallest absolute Gasteiger partial charge is 0.248 e. The molecule has 0 radical (unpaired) electrons. The molecule has 0 aliphatic carbocycles. The van der Waals surface area contributed by atoms with Gasteiger partial charge in [-0.15, -0.1) is 0 Å². The van der Waals surface area contributed by atoms with Gasteiger partial charge in [0.15, 0.2) is 6.23 Å². The van der Waals surface area contributed by atoms with E-state index in [-0.39, 0.29) is 30.9 Å². The molecule has 3 saturated heterocycles. The Bertz CT molecular complexity index is 2220. The molecule has 1 aromatic carbocycles. The summed E-state index contributed by atoms with van der Waals surface area (Å²) in [4.78, 5) is 103. The number of hydrogen-bond donors (Lipinski definition) is 13. The van der Waals surface area contributed by atoms with Gasteiger partial charge in [0, 0.05) is 44.7 Å². The predicted molar refractivity (Wildman–Crippen MR) is 312 cm³/mol. The highest BCUT2D eigenvalue weighted by molar-refractivity contribution is 5.98. The van der Waals surface area contributed by atoms with Crippen LogP contribution in [0.15, 0.2) is 24.3 Å². The van der Waals surface area contributed by atoms with Crippen LogP contribution in [0.2, 0.25) is 0 Å². The van der Waals surface area contributed by atoms with E-state index in [0.29, 0.717) is 23.9 Å². The molecular formula is C60H103N8O16+. The molecule has 1 aromatic rings. The van der Waals surface area contributed by atoms with Crippen molar-refractivity contribution < 1.29 is 83.6 Å². The number of aliphatic hydroxyl groups is 7. The van der Waals surface area contributed by atoms with Crippen molar-refractivity contribution in [2.45, 2.75) is 248 Å². The number of benzene rings is 1. The number of ether oxygens (including phenoxy) is 1. The van der Waals surface area contributed by atoms with E-state index in [9.17, 15) is 74.4 Å². The van der Waals surface area contributed by atoms with Gasteiger partial charge in [0.1, 0.15) is 60.3 Å². The molecule has 24 nitrogen and oxygen atoms in total. The highest BCUT2D eigenvalue weighted by Gasteiger charge is 2.50. The Balaban J connectivity index is 1.71. The van der Waals surface area contributed by atoms with Gasteiger partial charge in [-0.3, -0.25) is 33.6 Å². The summed E-state index contributed by atoms with van der Waals surface area (Å²) in [7, 11) is 4.05. The van der Waals surface area contributed by atoms with Gasteiger partial charge < -0.3 is 86.5 Å². The lowest BCUT2D eigenvalue weighted by molar-refractivity contribution is -0.890. The van der Waals surface area contributed by atoms with Crippen LogP contribution in [-0.4, -0.2) is 222 Å². The molecule has 15 unspecified atom stereocenters. The van der Waals surface area contributed by atoms with Crippen molar-refractivity contribution in [3.63, 3.8) is 0 Å². The number of aromatic hydroxyl groups is 1. The molecule has 0 spiro atoms. The number of nitrogens with one attached hydrogen (secondary N) is 5. The van der Waals surface area contributed by atoms with Crippen molar-refractivity contribution in [1.29, 1.82) is 0 Å². The number of amides is 7. The summed E-state index contributed by atoms with van der Waals surface area (Å²) in [5, 5.41) is 103. The number of fused-ring (bicyclic) bond motifs is 2. The molecular weight excluding hydrogens is 1090 g/mol. The molecule has 15 atom stereocenters. The largest absolute Gasteiger partial charge is 0.508 e. The lowest BCUT2D eigenvalue weighted by atomic mass is 9.96. The van der Waals surface area contributed by atoms with Gasteiger partial charge in [0.05, 0.1) is 58.2 Å². The van der Waals surface area contributed by atoms with Crippen LogP contribution in [-0.2, 0) is 38.3 Å². The molecule has 13 N–H and O–H groups in total. The van der Waals surface area contributed by atoms with Crippen molar-refractivity contribution in [2.75, 3.05) is 46.9 Å². The minimum absolute atomic E-state index is 0.0180. The molecule has 0 aromatic heterocycles. The first-order valence-electron chi connectivity index (χ1n) is 30.9. The van der Waals surface area contributed by atoms with Gasteiger partial charge in [-0.25, -0.2) is 0 Å². The maximum atomic E-state index is 14.7. The number of carbonyl (C=O) groups excluding carboxylic acids is 7. The van der Waals surface area contributed by atoms with Crippen molar-refractivity contribution in [2.24, 2.45) is 5.92 Å². The number of rotatable bonds is 29. The van der Waals surface area contributed by atoms with Crippen LogP contribution in [0.1, 0.15) is 175 Å². The first-order chi connectivity index (χ1) is 39.8. The predicted octanol–water partition coefficient (Wildman–Crippen LogP) is 1.02. The number of phenols is 1. The normalized spacial score (nSPS) is 27.6. The molecule has 3 heterocycles. The molecule has 3 aliphatic heterocycles. The van der Waals surface area contributed by atoms with Gasteiger partial charge in [-0.2, -0.15) is 0 Å². The zero-order valence-electron chi connectivity index (χ0n) is 50.8. The summed E-state index contributed by atoms with van der Waals surface area (Å²) in [6.45, 7) is 8.67. The second-order valence-electron chi connectivity index (χ2n) is 24.4. The standard InChI is InChI=1S/C60H102N8O16/c1-8-10-11-12-13-14-15-16-17-18-19-20-21-22-23-25-46(74)61-43-34-45(73)58(84-32-24-31-68(6,7)30-9-2)65-57(81)50-51(75)37(3)35-67(50)60(83)48(39(5)70)63-56(80)49(53(77)52(76)40-26-28-41(71)29-27-40)64-55(79)44-33-42(72)36-66(44)59(82)47(38(4)69)62-54(43)78/h26-29,37-39,42-45,47-53,58,69-70,72-73,75-77H,8-25,30-36H2,1-7H3,(H5-,61,62,63,64,65,71,74,78,79,80,81)/p+1. The molecule has 0 saturated carbocycles. The van der Waals surface area contributed by atoms with Gasteiger partial charge in [-0.1, -0.05) is 123 Å². The molecule has 0 bridgehead atoms. The quantitative estimate of drug-likeness (QED) is 0.0393. The molecule has 4 rings (SSSR count). The average molecular weight is 1190 g/mol. The van der Waals surface area contributed by atoms with Crippen molar-refractivity contribution in [1.82, 2.24) is 36.4 Å². The van der Waals surface area contributed by atoms with Crippen LogP contribution < -0.4 is 26.6 Å². The number of hydrogen-bond acceptors (Lipinski definition) is 16. The third-order valence-corrected chi connectivity index (χ3v) is 16.5. The highest BCUT2D eigenvalue weighted by Crippen LogP contribution is 2.28. The molecule has 84 heavy (non-hydrogen) atoms. The van der Waals surface area contributed by atoms with Gasteiger partial charge >= 0.3 is 0 Å². The van der Waals surface area contributed by atoms with Gasteiger partial charge in [-0.05, 0) is 44.4 Å². The second kappa shape index (κ2) is 35.5. The summed E-state index contributed by atoms with van der Waals surface area (Å²) >= 11 is 0. The summed E-state index contributed by atoms with van der Waals surface area (Å²) in [6, 6.07) is -6.29. The number of quaternary nitrogens is 1. The topological polar surface area (TPSA) is 357 Å². The van der Waals surface area contributed by atoms with Crippen LogP contribution in [0.5, 0.6) is 5.75 Å². The van der Waals surface area contributed by atoms with Gasteiger partial charge in [0.25, 0.3) is 0 Å². The lowest BCUT2D eigenvalue weighted by Crippen LogP contribution is -2.64. The Kier molecular flexibility index (Phi) is 30.2. The molecule has 7 amide bonds. The highest BCUT2D eigenvalue weighted by atomic mass is 16.5. The fourth-order valence-corrected chi connectivity index (χ4v) is 11.5. The Morgan fingerprint density at radius 2 is 1.17 bits per heavy atom. The van der Waals surface area contributed by atoms with Crippen LogP contribution in [0, 0.1) is 5.92 Å². The summed E-state index contributed by atoms with van der Waals surface area (Å²) in [6.07, 6.45) is 2.66. The Morgan fingerprint density at radius 3 is 1.71 bits per heavy atom. The minimum atomic E-state index is -2.26. The maximum absolute atomic E-state index is 14.7. The Labute approximate surface area is 496 Å². The average Bonchev–Trinajstić information content (AvgIpc) is 2.68. The minimum Gasteiger partial charge on any atom is -0.508 e. The third-order valence-electron chi connectivity index (χ3n) is 16.5. The van der Waals surface area contributed by atoms with Gasteiger partial charge in [0.2, 0.25) is 41.4 Å². The van der Waals surface area contributed by atoms with Crippen LogP contribution >= 0.6 is 0 Å². The van der Waals surface area contributed by atoms with E-state index in [2.05, 4.69) is 33.5 Å². The van der Waals surface area contributed by atoms with Crippen molar-refractivity contribution >= 4 is 41.4 Å². The second-order valence-corrected chi connectivity index (χ2v) is 24.4. The molecule has 478 valence electrons. The van der Waals surface area contributed by atoms with E-state index < -0.39 is 152 Å². The van der Waals surface area contributed by atoms with Crippen LogP contribution in [0.25, 0.3) is 0 Å². The Hall–Kier alpha value is -5.05. The van der Waals surface area contributed by atoms with Crippen molar-refractivity contribution in [3.8, 4) is 5.75 Å². The fraction of sp³-hybridized carbons (Fsp3) is 0.783. The third kappa shape index (κ3) is 22.0. The molecule has 3 fully saturated rings. The monoisotopic (exact) mass is 1190 g/mol. The first kappa shape index (κ1) is 71.4. The van der Waals surface area contributed by atoms with E-state index in [0.717, 1.165) is 61.8 Å². The van der Waals surface area contributed by atoms with E-state index in [1.165, 1.54) is 89.0 Å². The number of nitrogens with zero attached hydrogens (tertiary/aromatic N) is 3. The van der Waals surface area contributed by atoms with Crippen LogP contribution in [0.3, 0.4) is 0 Å². The van der Waals surface area contributed by atoms with E-state index >= 15 is 0 Å². The van der Waals surface area contributed by atoms with Crippen molar-refractivity contribution in [3.05, 3.63) is 29.8 Å². The summed E-state index contributed by atoms with van der Waals surface area (Å²) in [5.74, 6) is -8.45. The number of phenolic OH excluding ortho intramolecular Hbond substituents is 1. The number of unbranched alkanes of at least 4 members (excludes halogenated alkanes) is 14.